The number of fused-ring (bicyclic) bond motifs is 1. The van der Waals surface area contributed by atoms with Gasteiger partial charge in [-0.3, -0.25) is 29.8 Å². The molecule has 0 aliphatic heterocycles. The van der Waals surface area contributed by atoms with E-state index in [1.54, 1.807) is 6.07 Å². The summed E-state index contributed by atoms with van der Waals surface area (Å²) in [6.45, 7) is -0.981. The van der Waals surface area contributed by atoms with E-state index in [-0.39, 0.29) is 11.1 Å². The van der Waals surface area contributed by atoms with Gasteiger partial charge in [0.15, 0.2) is 18.2 Å². The Labute approximate surface area is 156 Å². The average molecular weight is 388 g/mol. The molecule has 0 atom stereocenters. The second-order valence-electron chi connectivity index (χ2n) is 5.65. The third-order valence-corrected chi connectivity index (χ3v) is 3.64. The first-order chi connectivity index (χ1) is 13.4. The van der Waals surface area contributed by atoms with Crippen molar-refractivity contribution in [3.63, 3.8) is 0 Å². The summed E-state index contributed by atoms with van der Waals surface area (Å²) in [5, 5.41) is 0.0256. The van der Waals surface area contributed by atoms with Crippen LogP contribution < -0.4 is 21.1 Å². The van der Waals surface area contributed by atoms with Gasteiger partial charge in [0.05, 0.1) is 17.2 Å². The van der Waals surface area contributed by atoms with E-state index in [0.29, 0.717) is 5.52 Å². The highest BCUT2D eigenvalue weighted by Gasteiger charge is 2.11. The number of nitrogens with zero attached hydrogens (tertiary/aromatic N) is 2. The maximum absolute atomic E-state index is 13.4. The van der Waals surface area contributed by atoms with E-state index in [0.717, 1.165) is 17.0 Å². The van der Waals surface area contributed by atoms with Gasteiger partial charge in [0.25, 0.3) is 17.4 Å². The van der Waals surface area contributed by atoms with Crippen LogP contribution in [0, 0.1) is 11.6 Å². The lowest BCUT2D eigenvalue weighted by Crippen LogP contribution is -2.46. The van der Waals surface area contributed by atoms with Crippen molar-refractivity contribution >= 4 is 22.7 Å². The van der Waals surface area contributed by atoms with Crippen molar-refractivity contribution in [2.75, 3.05) is 6.61 Å². The summed E-state index contributed by atoms with van der Waals surface area (Å²) in [4.78, 5) is 39.8. The molecule has 0 aliphatic carbocycles. The monoisotopic (exact) mass is 388 g/mol. The summed E-state index contributed by atoms with van der Waals surface area (Å²) < 4.78 is 32.6. The van der Waals surface area contributed by atoms with Crippen molar-refractivity contribution in [2.45, 2.75) is 6.54 Å². The van der Waals surface area contributed by atoms with Crippen molar-refractivity contribution in [3.05, 3.63) is 70.8 Å². The standard InChI is InChI=1S/C18H14F2N4O4/c19-11-5-6-14-12(7-11)18(27)24(10-21-14)8-16(25)22-23-17(26)9-28-15-4-2-1-3-13(15)20/h1-7,10H,8-9H2,(H,22,25)(H,23,26). The number of para-hydroxylation sites is 1. The predicted octanol–water partition coefficient (Wildman–Crippen LogP) is 0.901. The summed E-state index contributed by atoms with van der Waals surface area (Å²) in [5.41, 5.74) is 3.86. The SMILES string of the molecule is O=C(COc1ccccc1F)NNC(=O)Cn1cnc2ccc(F)cc2c1=O. The number of hydrogen-bond donors (Lipinski definition) is 2. The van der Waals surface area contributed by atoms with E-state index in [1.165, 1.54) is 30.3 Å². The Morgan fingerprint density at radius 3 is 2.61 bits per heavy atom. The Morgan fingerprint density at radius 2 is 1.82 bits per heavy atom. The molecule has 0 bridgehead atoms. The molecule has 0 aliphatic rings. The maximum atomic E-state index is 13.4. The quantitative estimate of drug-likeness (QED) is 0.633. The van der Waals surface area contributed by atoms with Gasteiger partial charge in [-0.2, -0.15) is 0 Å². The Hall–Kier alpha value is -3.82. The number of halogens is 2. The second kappa shape index (κ2) is 8.25. The summed E-state index contributed by atoms with van der Waals surface area (Å²) >= 11 is 0. The summed E-state index contributed by atoms with van der Waals surface area (Å²) in [6.07, 6.45) is 1.14. The number of hydrazine groups is 1. The minimum absolute atomic E-state index is 0.0256. The van der Waals surface area contributed by atoms with Crippen molar-refractivity contribution in [1.29, 1.82) is 0 Å². The van der Waals surface area contributed by atoms with Crippen LogP contribution in [0.5, 0.6) is 5.75 Å². The number of rotatable bonds is 5. The molecule has 2 N–H and O–H groups in total. The van der Waals surface area contributed by atoms with Gasteiger partial charge >= 0.3 is 0 Å². The maximum Gasteiger partial charge on any atom is 0.276 e. The molecule has 10 heteroatoms. The number of aromatic nitrogens is 2. The van der Waals surface area contributed by atoms with Gasteiger partial charge in [-0.05, 0) is 30.3 Å². The van der Waals surface area contributed by atoms with Gasteiger partial charge < -0.3 is 4.74 Å². The number of nitrogens with one attached hydrogen (secondary N) is 2. The van der Waals surface area contributed by atoms with Crippen LogP contribution in [0.4, 0.5) is 8.78 Å². The molecule has 3 aromatic rings. The normalized spacial score (nSPS) is 10.5. The van der Waals surface area contributed by atoms with Crippen LogP contribution in [0.2, 0.25) is 0 Å². The lowest BCUT2D eigenvalue weighted by molar-refractivity contribution is -0.130. The number of benzene rings is 2. The average Bonchev–Trinajstić information content (AvgIpc) is 2.68. The van der Waals surface area contributed by atoms with Crippen molar-refractivity contribution in [2.24, 2.45) is 0 Å². The fourth-order valence-electron chi connectivity index (χ4n) is 2.32. The van der Waals surface area contributed by atoms with Crippen LogP contribution in [0.25, 0.3) is 10.9 Å². The molecule has 0 fully saturated rings. The van der Waals surface area contributed by atoms with E-state index < -0.39 is 42.2 Å². The molecule has 0 unspecified atom stereocenters. The van der Waals surface area contributed by atoms with E-state index in [4.69, 9.17) is 4.74 Å². The van der Waals surface area contributed by atoms with E-state index in [2.05, 4.69) is 15.8 Å². The molecule has 8 nitrogen and oxygen atoms in total. The number of amides is 2. The van der Waals surface area contributed by atoms with Crippen LogP contribution in [0.1, 0.15) is 0 Å². The van der Waals surface area contributed by atoms with Gasteiger partial charge in [-0.1, -0.05) is 12.1 Å². The number of hydrogen-bond acceptors (Lipinski definition) is 5. The number of ether oxygens (including phenoxy) is 1. The highest BCUT2D eigenvalue weighted by atomic mass is 19.1. The highest BCUT2D eigenvalue weighted by molar-refractivity contribution is 5.83. The third-order valence-electron chi connectivity index (χ3n) is 3.64. The van der Waals surface area contributed by atoms with E-state index >= 15 is 0 Å². The summed E-state index contributed by atoms with van der Waals surface area (Å²) in [6, 6.07) is 9.09. The molecule has 2 amide bonds. The Kier molecular flexibility index (Phi) is 5.58. The van der Waals surface area contributed by atoms with Gasteiger partial charge in [0.2, 0.25) is 0 Å². The fourth-order valence-corrected chi connectivity index (χ4v) is 2.32. The lowest BCUT2D eigenvalue weighted by atomic mass is 10.2. The minimum Gasteiger partial charge on any atom is -0.481 e. The lowest BCUT2D eigenvalue weighted by Gasteiger charge is -2.10. The first-order valence-corrected chi connectivity index (χ1v) is 8.04. The predicted molar refractivity (Wildman–Crippen MR) is 94.1 cm³/mol. The van der Waals surface area contributed by atoms with Crippen LogP contribution in [-0.4, -0.2) is 28.0 Å². The van der Waals surface area contributed by atoms with Crippen LogP contribution in [-0.2, 0) is 16.1 Å². The Bertz CT molecular complexity index is 1100. The van der Waals surface area contributed by atoms with E-state index in [9.17, 15) is 23.2 Å². The molecule has 3 rings (SSSR count). The van der Waals surface area contributed by atoms with Crippen LogP contribution in [0.3, 0.4) is 0 Å². The molecule has 2 aromatic carbocycles. The van der Waals surface area contributed by atoms with Crippen molar-refractivity contribution in [1.82, 2.24) is 20.4 Å². The molecule has 0 saturated heterocycles. The summed E-state index contributed by atoms with van der Waals surface area (Å²) in [5.74, 6) is -2.79. The van der Waals surface area contributed by atoms with Gasteiger partial charge in [-0.25, -0.2) is 13.8 Å². The van der Waals surface area contributed by atoms with Gasteiger partial charge in [-0.15, -0.1) is 0 Å². The van der Waals surface area contributed by atoms with Crippen molar-refractivity contribution in [3.8, 4) is 5.75 Å². The summed E-state index contributed by atoms with van der Waals surface area (Å²) in [7, 11) is 0. The molecular weight excluding hydrogens is 374 g/mol. The largest absolute Gasteiger partial charge is 0.481 e. The van der Waals surface area contributed by atoms with Crippen LogP contribution >= 0.6 is 0 Å². The van der Waals surface area contributed by atoms with Crippen LogP contribution in [0.15, 0.2) is 53.6 Å². The fraction of sp³-hybridized carbons (Fsp3) is 0.111. The smallest absolute Gasteiger partial charge is 0.276 e. The Morgan fingerprint density at radius 1 is 1.07 bits per heavy atom. The molecule has 0 saturated carbocycles. The molecule has 0 spiro atoms. The first-order valence-electron chi connectivity index (χ1n) is 8.04. The molecule has 144 valence electrons. The zero-order valence-electron chi connectivity index (χ0n) is 14.3. The molecule has 0 radical (unpaired) electrons. The zero-order chi connectivity index (χ0) is 20.1. The topological polar surface area (TPSA) is 102 Å². The van der Waals surface area contributed by atoms with Gasteiger partial charge in [0, 0.05) is 0 Å². The molecule has 1 aromatic heterocycles. The minimum atomic E-state index is -0.734. The zero-order valence-corrected chi connectivity index (χ0v) is 14.3. The molecular formula is C18H14F2N4O4. The molecule has 28 heavy (non-hydrogen) atoms. The third kappa shape index (κ3) is 4.47. The first kappa shape index (κ1) is 19.0. The number of carbonyl (C=O) groups is 2. The highest BCUT2D eigenvalue weighted by Crippen LogP contribution is 2.14. The number of carbonyl (C=O) groups excluding carboxylic acids is 2. The van der Waals surface area contributed by atoms with Crippen molar-refractivity contribution < 1.29 is 23.1 Å². The van der Waals surface area contributed by atoms with E-state index in [1.807, 2.05) is 0 Å². The van der Waals surface area contributed by atoms with Gasteiger partial charge in [0.1, 0.15) is 12.4 Å². The Balaban J connectivity index is 1.55. The second-order valence-corrected chi connectivity index (χ2v) is 5.65. The molecule has 1 heterocycles.